The highest BCUT2D eigenvalue weighted by molar-refractivity contribution is 5.73. The summed E-state index contributed by atoms with van der Waals surface area (Å²) in [6.45, 7) is 0.412. The van der Waals surface area contributed by atoms with Crippen LogP contribution in [-0.4, -0.2) is 36.7 Å². The number of esters is 1. The summed E-state index contributed by atoms with van der Waals surface area (Å²) < 4.78 is 4.49. The van der Waals surface area contributed by atoms with Crippen molar-refractivity contribution in [3.8, 4) is 0 Å². The van der Waals surface area contributed by atoms with E-state index in [9.17, 15) is 14.9 Å². The maximum atomic E-state index is 10.9. The third-order valence-corrected chi connectivity index (χ3v) is 1.79. The van der Waals surface area contributed by atoms with Gasteiger partial charge in [0, 0.05) is 11.8 Å². The summed E-state index contributed by atoms with van der Waals surface area (Å²) in [6.07, 6.45) is 1.12. The zero-order valence-electron chi connectivity index (χ0n) is 9.06. The molecule has 0 unspecified atom stereocenters. The van der Waals surface area contributed by atoms with Crippen LogP contribution in [0.25, 0.3) is 0 Å². The molecule has 0 aromatic carbocycles. The number of guanidine groups is 1. The van der Waals surface area contributed by atoms with Crippen molar-refractivity contribution in [2.24, 2.45) is 5.73 Å². The maximum Gasteiger partial charge on any atom is 0.403 e. The Bertz CT molecular complexity index is 280. The van der Waals surface area contributed by atoms with Crippen molar-refractivity contribution >= 4 is 11.9 Å². The van der Waals surface area contributed by atoms with E-state index in [1.54, 1.807) is 5.43 Å². The van der Waals surface area contributed by atoms with E-state index in [1.165, 1.54) is 7.11 Å². The fourth-order valence-corrected chi connectivity index (χ4v) is 0.994. The number of carbonyl (C=O) groups is 1. The van der Waals surface area contributed by atoms with Gasteiger partial charge < -0.3 is 10.5 Å². The zero-order valence-corrected chi connectivity index (χ0v) is 9.06. The summed E-state index contributed by atoms with van der Waals surface area (Å²) in [7, 11) is 1.30. The number of rotatable bonds is 6. The monoisotopic (exact) mass is 235 g/mol. The third kappa shape index (κ3) is 6.54. The Morgan fingerprint density at radius 3 is 2.88 bits per heavy atom. The topological polar surface area (TPSA) is 149 Å². The summed E-state index contributed by atoms with van der Waals surface area (Å²) >= 11 is 0. The van der Waals surface area contributed by atoms with Crippen LogP contribution in [0.4, 0.5) is 0 Å². The lowest BCUT2D eigenvalue weighted by atomic mass is 10.2. The zero-order chi connectivity index (χ0) is 12.6. The van der Waals surface area contributed by atoms with E-state index in [0.29, 0.717) is 19.4 Å². The Morgan fingerprint density at radius 1 is 1.75 bits per heavy atom. The smallest absolute Gasteiger partial charge is 0.403 e. The molecule has 1 atom stereocenters. The predicted octanol–water partition coefficient (Wildman–Crippen LogP) is -4.27. The lowest BCUT2D eigenvalue weighted by Gasteiger charge is -2.03. The van der Waals surface area contributed by atoms with E-state index in [2.05, 4.69) is 15.5 Å². The molecular formula is C7H17N5O4+2. The van der Waals surface area contributed by atoms with Gasteiger partial charge in [0.25, 0.3) is 0 Å². The first-order valence-corrected chi connectivity index (χ1v) is 4.65. The summed E-state index contributed by atoms with van der Waals surface area (Å²) in [5.41, 5.74) is 10.6. The molecule has 0 spiro atoms. The van der Waals surface area contributed by atoms with Crippen molar-refractivity contribution in [1.29, 1.82) is 0 Å². The number of ether oxygens (including phenoxy) is 1. The first-order chi connectivity index (χ1) is 7.47. The van der Waals surface area contributed by atoms with Crippen LogP contribution < -0.4 is 21.9 Å². The van der Waals surface area contributed by atoms with E-state index < -0.39 is 11.1 Å². The van der Waals surface area contributed by atoms with Crippen LogP contribution in [0, 0.1) is 10.1 Å². The molecule has 0 saturated heterocycles. The summed E-state index contributed by atoms with van der Waals surface area (Å²) in [6, 6.07) is -0.434. The molecule has 0 aromatic heterocycles. The minimum absolute atomic E-state index is 0.135. The second-order valence-electron chi connectivity index (χ2n) is 3.07. The fraction of sp³-hybridized carbons (Fsp3) is 0.714. The van der Waals surface area contributed by atoms with Gasteiger partial charge in [-0.05, 0) is 6.42 Å². The number of quaternary nitrogens is 1. The van der Waals surface area contributed by atoms with Crippen molar-refractivity contribution < 1.29 is 25.3 Å². The molecule has 0 aliphatic rings. The van der Waals surface area contributed by atoms with Gasteiger partial charge in [-0.2, -0.15) is 0 Å². The molecule has 0 aliphatic heterocycles. The van der Waals surface area contributed by atoms with Crippen LogP contribution in [0.1, 0.15) is 12.8 Å². The van der Waals surface area contributed by atoms with Crippen molar-refractivity contribution in [3.05, 3.63) is 10.1 Å². The van der Waals surface area contributed by atoms with E-state index >= 15 is 0 Å². The number of nitrogens with one attached hydrogen (secondary N) is 2. The molecule has 9 nitrogen and oxygen atoms in total. The standard InChI is InChI=1S/C7H15N5O4/c1-16-6(13)5(8)3-2-4-10-7(9)11-12(14)15/h5H,2-4,8H2,1H3,(H3,9,10,11)/p+2/t5-/m0/s1. The quantitative estimate of drug-likeness (QED) is 0.0914. The summed E-state index contributed by atoms with van der Waals surface area (Å²) in [5.74, 6) is -0.510. The number of methoxy groups -OCH3 is 1. The van der Waals surface area contributed by atoms with Gasteiger partial charge in [-0.25, -0.2) is 14.9 Å². The first kappa shape index (κ1) is 14.1. The average molecular weight is 235 g/mol. The van der Waals surface area contributed by atoms with Crippen LogP contribution in [0.5, 0.6) is 0 Å². The van der Waals surface area contributed by atoms with Crippen molar-refractivity contribution in [2.75, 3.05) is 13.7 Å². The molecule has 0 saturated carbocycles. The van der Waals surface area contributed by atoms with Crippen molar-refractivity contribution in [2.45, 2.75) is 18.9 Å². The van der Waals surface area contributed by atoms with Gasteiger partial charge in [0.15, 0.2) is 6.04 Å². The Morgan fingerprint density at radius 2 is 2.38 bits per heavy atom. The predicted molar refractivity (Wildman–Crippen MR) is 53.1 cm³/mol. The fourth-order valence-electron chi connectivity index (χ4n) is 0.994. The Balaban J connectivity index is 3.74. The molecule has 0 bridgehead atoms. The van der Waals surface area contributed by atoms with E-state index in [0.717, 1.165) is 0 Å². The number of hydrogen-bond acceptors (Lipinski definition) is 4. The number of carbonyl (C=O) groups excluding carboxylic acids is 1. The molecule has 0 radical (unpaired) electrons. The molecule has 0 fully saturated rings. The summed E-state index contributed by atoms with van der Waals surface area (Å²) in [5, 5.41) is 9.20. The highest BCUT2D eigenvalue weighted by atomic mass is 16.7. The Labute approximate surface area is 92.0 Å². The Kier molecular flexibility index (Phi) is 6.52. The molecule has 0 aliphatic carbocycles. The van der Waals surface area contributed by atoms with Gasteiger partial charge in [-0.3, -0.25) is 10.7 Å². The van der Waals surface area contributed by atoms with Gasteiger partial charge >= 0.3 is 11.9 Å². The van der Waals surface area contributed by atoms with E-state index in [1.807, 2.05) is 0 Å². The molecule has 0 rings (SSSR count). The molecule has 16 heavy (non-hydrogen) atoms. The lowest BCUT2D eigenvalue weighted by molar-refractivity contribution is -0.547. The van der Waals surface area contributed by atoms with Gasteiger partial charge in [0.05, 0.1) is 13.7 Å². The molecule has 0 heterocycles. The van der Waals surface area contributed by atoms with Gasteiger partial charge in [-0.15, -0.1) is 0 Å². The van der Waals surface area contributed by atoms with E-state index in [-0.39, 0.29) is 11.9 Å². The highest BCUT2D eigenvalue weighted by Gasteiger charge is 2.16. The average Bonchev–Trinajstić information content (AvgIpc) is 2.21. The van der Waals surface area contributed by atoms with Crippen LogP contribution in [-0.2, 0) is 9.53 Å². The number of nitro groups is 1. The minimum Gasteiger partial charge on any atom is -0.465 e. The van der Waals surface area contributed by atoms with Crippen LogP contribution in [0.2, 0.25) is 0 Å². The SMILES string of the molecule is COC(=O)[C@@H]([NH3+])CCC[NH+]=C(N)N[N+](=O)[O-]. The maximum absolute atomic E-state index is 10.9. The molecule has 9 heteroatoms. The van der Waals surface area contributed by atoms with Crippen molar-refractivity contribution in [3.63, 3.8) is 0 Å². The number of nitrogens with two attached hydrogens (primary N) is 1. The lowest BCUT2D eigenvalue weighted by Crippen LogP contribution is -2.79. The summed E-state index contributed by atoms with van der Waals surface area (Å²) in [4.78, 5) is 23.5. The normalized spacial score (nSPS) is 13.0. The third-order valence-electron chi connectivity index (χ3n) is 1.79. The molecule has 7 N–H and O–H groups in total. The van der Waals surface area contributed by atoms with Gasteiger partial charge in [-0.1, -0.05) is 0 Å². The highest BCUT2D eigenvalue weighted by Crippen LogP contribution is 1.91. The minimum atomic E-state index is -0.763. The second-order valence-corrected chi connectivity index (χ2v) is 3.07. The van der Waals surface area contributed by atoms with Crippen LogP contribution in [0.3, 0.4) is 0 Å². The molecular weight excluding hydrogens is 218 g/mol. The number of hydrogen-bond donors (Lipinski definition) is 4. The number of nitrogens with zero attached hydrogens (tertiary/aromatic N) is 1. The van der Waals surface area contributed by atoms with Crippen LogP contribution in [0.15, 0.2) is 0 Å². The molecule has 0 aromatic rings. The molecule has 92 valence electrons. The number of hydrazine groups is 1. The van der Waals surface area contributed by atoms with Crippen molar-refractivity contribution in [1.82, 2.24) is 5.43 Å². The first-order valence-electron chi connectivity index (χ1n) is 4.65. The largest absolute Gasteiger partial charge is 0.465 e. The van der Waals surface area contributed by atoms with Gasteiger partial charge in [0.2, 0.25) is 5.03 Å². The molecule has 0 amide bonds. The Hall–Kier alpha value is -1.90. The van der Waals surface area contributed by atoms with Crippen LogP contribution >= 0.6 is 0 Å². The second kappa shape index (κ2) is 7.40. The van der Waals surface area contributed by atoms with Gasteiger partial charge in [0.1, 0.15) is 0 Å². The van der Waals surface area contributed by atoms with E-state index in [4.69, 9.17) is 5.73 Å².